The SMILES string of the molecule is O=c1[nH]c2cc(Br)c(C(O)c3ccc(Br)cc3F)cc2[nH]1. The number of aromatic nitrogens is 2. The molecule has 0 saturated heterocycles. The molecule has 0 fully saturated rings. The fourth-order valence-electron chi connectivity index (χ4n) is 2.17. The molecular weight excluding hydrogens is 407 g/mol. The Morgan fingerprint density at radius 2 is 1.71 bits per heavy atom. The lowest BCUT2D eigenvalue weighted by atomic mass is 10.0. The highest BCUT2D eigenvalue weighted by Crippen LogP contribution is 2.32. The van der Waals surface area contributed by atoms with Crippen LogP contribution in [-0.2, 0) is 0 Å². The van der Waals surface area contributed by atoms with E-state index in [2.05, 4.69) is 41.8 Å². The molecule has 1 atom stereocenters. The molecule has 0 saturated carbocycles. The third kappa shape index (κ3) is 2.68. The number of halogens is 3. The third-order valence-electron chi connectivity index (χ3n) is 3.18. The molecule has 1 aromatic heterocycles. The molecule has 7 heteroatoms. The Hall–Kier alpha value is -1.44. The van der Waals surface area contributed by atoms with Gasteiger partial charge in [0.05, 0.1) is 11.0 Å². The van der Waals surface area contributed by atoms with Crippen molar-refractivity contribution >= 4 is 42.9 Å². The van der Waals surface area contributed by atoms with E-state index >= 15 is 0 Å². The van der Waals surface area contributed by atoms with Gasteiger partial charge in [-0.25, -0.2) is 9.18 Å². The third-order valence-corrected chi connectivity index (χ3v) is 4.36. The first-order valence-corrected chi connectivity index (χ1v) is 7.59. The number of H-pyrrole nitrogens is 2. The molecule has 4 nitrogen and oxygen atoms in total. The van der Waals surface area contributed by atoms with Crippen molar-refractivity contribution in [1.82, 2.24) is 9.97 Å². The molecule has 21 heavy (non-hydrogen) atoms. The first-order valence-electron chi connectivity index (χ1n) is 6.00. The Morgan fingerprint density at radius 3 is 2.38 bits per heavy atom. The highest BCUT2D eigenvalue weighted by atomic mass is 79.9. The van der Waals surface area contributed by atoms with Gasteiger partial charge in [-0.15, -0.1) is 0 Å². The lowest BCUT2D eigenvalue weighted by molar-refractivity contribution is 0.214. The van der Waals surface area contributed by atoms with Crippen LogP contribution in [0.25, 0.3) is 11.0 Å². The van der Waals surface area contributed by atoms with E-state index in [-0.39, 0.29) is 11.3 Å². The van der Waals surface area contributed by atoms with Crippen molar-refractivity contribution in [2.75, 3.05) is 0 Å². The van der Waals surface area contributed by atoms with Crippen molar-refractivity contribution in [3.05, 3.63) is 66.7 Å². The summed E-state index contributed by atoms with van der Waals surface area (Å²) in [6.45, 7) is 0. The summed E-state index contributed by atoms with van der Waals surface area (Å²) >= 11 is 6.51. The second kappa shape index (κ2) is 5.40. The normalized spacial score (nSPS) is 12.8. The minimum absolute atomic E-state index is 0.163. The highest BCUT2D eigenvalue weighted by molar-refractivity contribution is 9.10. The average Bonchev–Trinajstić information content (AvgIpc) is 2.76. The number of aromatic amines is 2. The number of fused-ring (bicyclic) bond motifs is 1. The summed E-state index contributed by atoms with van der Waals surface area (Å²) in [4.78, 5) is 16.5. The van der Waals surface area contributed by atoms with Crippen LogP contribution in [0, 0.1) is 5.82 Å². The first kappa shape index (κ1) is 14.5. The zero-order chi connectivity index (χ0) is 15.1. The first-order chi connectivity index (χ1) is 9.95. The van der Waals surface area contributed by atoms with Crippen molar-refractivity contribution in [2.45, 2.75) is 6.10 Å². The monoisotopic (exact) mass is 414 g/mol. The number of imidazole rings is 1. The van der Waals surface area contributed by atoms with Gasteiger partial charge >= 0.3 is 5.69 Å². The molecule has 108 valence electrons. The molecular formula is C14H9Br2FN2O2. The molecule has 1 heterocycles. The van der Waals surface area contributed by atoms with E-state index in [1.54, 1.807) is 18.2 Å². The van der Waals surface area contributed by atoms with Crippen molar-refractivity contribution in [3.63, 3.8) is 0 Å². The van der Waals surface area contributed by atoms with E-state index in [9.17, 15) is 14.3 Å². The van der Waals surface area contributed by atoms with Gasteiger partial charge in [-0.1, -0.05) is 37.9 Å². The van der Waals surface area contributed by atoms with Crippen LogP contribution in [0.5, 0.6) is 0 Å². The lowest BCUT2D eigenvalue weighted by Gasteiger charge is -2.14. The van der Waals surface area contributed by atoms with E-state index in [0.29, 0.717) is 25.5 Å². The summed E-state index contributed by atoms with van der Waals surface area (Å²) in [5, 5.41) is 10.4. The molecule has 0 radical (unpaired) electrons. The summed E-state index contributed by atoms with van der Waals surface area (Å²) in [6.07, 6.45) is -1.14. The van der Waals surface area contributed by atoms with Crippen LogP contribution >= 0.6 is 31.9 Å². The van der Waals surface area contributed by atoms with Gasteiger partial charge in [0.2, 0.25) is 0 Å². The Bertz CT molecular complexity index is 888. The van der Waals surface area contributed by atoms with E-state index in [4.69, 9.17) is 0 Å². The van der Waals surface area contributed by atoms with E-state index in [1.807, 2.05) is 0 Å². The number of hydrogen-bond donors (Lipinski definition) is 3. The average molecular weight is 416 g/mol. The Kier molecular flexibility index (Phi) is 3.73. The van der Waals surface area contributed by atoms with Gasteiger partial charge in [0.25, 0.3) is 0 Å². The molecule has 0 aliphatic heterocycles. The van der Waals surface area contributed by atoms with E-state index < -0.39 is 11.9 Å². The Morgan fingerprint density at radius 1 is 1.05 bits per heavy atom. The fourth-order valence-corrected chi connectivity index (χ4v) is 3.07. The zero-order valence-corrected chi connectivity index (χ0v) is 13.6. The molecule has 0 bridgehead atoms. The number of nitrogens with one attached hydrogen (secondary N) is 2. The second-order valence-corrected chi connectivity index (χ2v) is 6.34. The standard InChI is InChI=1S/C14H9Br2FN2O2/c15-6-1-2-7(10(17)3-6)13(20)8-4-11-12(5-9(8)16)19-14(21)18-11/h1-5,13,20H,(H2,18,19,21). The minimum Gasteiger partial charge on any atom is -0.384 e. The van der Waals surface area contributed by atoms with Gasteiger partial charge in [0.1, 0.15) is 11.9 Å². The van der Waals surface area contributed by atoms with Crippen molar-refractivity contribution in [3.8, 4) is 0 Å². The molecule has 0 aliphatic rings. The molecule has 3 aromatic rings. The molecule has 2 aromatic carbocycles. The van der Waals surface area contributed by atoms with Crippen LogP contribution in [0.3, 0.4) is 0 Å². The number of hydrogen-bond acceptors (Lipinski definition) is 2. The van der Waals surface area contributed by atoms with Crippen molar-refractivity contribution in [1.29, 1.82) is 0 Å². The topological polar surface area (TPSA) is 68.9 Å². The predicted molar refractivity (Wildman–Crippen MR) is 84.8 cm³/mol. The smallest absolute Gasteiger partial charge is 0.323 e. The van der Waals surface area contributed by atoms with Crippen LogP contribution in [0.4, 0.5) is 4.39 Å². The lowest BCUT2D eigenvalue weighted by Crippen LogP contribution is -2.03. The highest BCUT2D eigenvalue weighted by Gasteiger charge is 2.19. The number of aliphatic hydroxyl groups is 1. The van der Waals surface area contributed by atoms with Crippen LogP contribution in [-0.4, -0.2) is 15.1 Å². The molecule has 1 unspecified atom stereocenters. The Balaban J connectivity index is 2.14. The largest absolute Gasteiger partial charge is 0.384 e. The minimum atomic E-state index is -1.14. The van der Waals surface area contributed by atoms with Crippen molar-refractivity contribution in [2.24, 2.45) is 0 Å². The number of rotatable bonds is 2. The Labute approximate surface area is 135 Å². The van der Waals surface area contributed by atoms with Gasteiger partial charge in [-0.2, -0.15) is 0 Å². The predicted octanol–water partition coefficient (Wildman–Crippen LogP) is 3.60. The second-order valence-electron chi connectivity index (χ2n) is 4.57. The summed E-state index contributed by atoms with van der Waals surface area (Å²) in [5.41, 5.74) is 1.46. The zero-order valence-electron chi connectivity index (χ0n) is 10.5. The maximum Gasteiger partial charge on any atom is 0.323 e. The van der Waals surface area contributed by atoms with Crippen LogP contribution in [0.15, 0.2) is 44.1 Å². The van der Waals surface area contributed by atoms with E-state index in [0.717, 1.165) is 0 Å². The number of aliphatic hydroxyl groups excluding tert-OH is 1. The van der Waals surface area contributed by atoms with Crippen LogP contribution in [0.1, 0.15) is 17.2 Å². The van der Waals surface area contributed by atoms with Gasteiger partial charge in [-0.05, 0) is 24.3 Å². The fraction of sp³-hybridized carbons (Fsp3) is 0.0714. The van der Waals surface area contributed by atoms with Crippen LogP contribution < -0.4 is 5.69 Å². The summed E-state index contributed by atoms with van der Waals surface area (Å²) in [7, 11) is 0. The van der Waals surface area contributed by atoms with Gasteiger partial charge in [0.15, 0.2) is 0 Å². The molecule has 3 N–H and O–H groups in total. The summed E-state index contributed by atoms with van der Waals surface area (Å²) in [5.74, 6) is -0.508. The summed E-state index contributed by atoms with van der Waals surface area (Å²) < 4.78 is 15.1. The van der Waals surface area contributed by atoms with E-state index in [1.165, 1.54) is 12.1 Å². The molecule has 0 aliphatic carbocycles. The van der Waals surface area contributed by atoms with Gasteiger partial charge in [0, 0.05) is 20.1 Å². The maximum absolute atomic E-state index is 14.0. The van der Waals surface area contributed by atoms with Crippen LogP contribution in [0.2, 0.25) is 0 Å². The van der Waals surface area contributed by atoms with Gasteiger partial charge < -0.3 is 15.1 Å². The quantitative estimate of drug-likeness (QED) is 0.598. The van der Waals surface area contributed by atoms with Gasteiger partial charge in [-0.3, -0.25) is 0 Å². The summed E-state index contributed by atoms with van der Waals surface area (Å²) in [6, 6.07) is 7.75. The van der Waals surface area contributed by atoms with Crippen molar-refractivity contribution < 1.29 is 9.50 Å². The number of benzene rings is 2. The molecule has 3 rings (SSSR count). The molecule has 0 spiro atoms. The molecule has 0 amide bonds. The maximum atomic E-state index is 14.0.